The molecule has 3 aromatic heterocycles. The van der Waals surface area contributed by atoms with E-state index in [4.69, 9.17) is 16.0 Å². The molecule has 0 saturated carbocycles. The van der Waals surface area contributed by atoms with Gasteiger partial charge in [0, 0.05) is 38.1 Å². The van der Waals surface area contributed by atoms with E-state index in [1.54, 1.807) is 38.6 Å². The molecular formula is C16H14ClN3O2. The van der Waals surface area contributed by atoms with Gasteiger partial charge in [-0.2, -0.15) is 0 Å². The number of nitrogens with zero attached hydrogens (tertiary/aromatic N) is 3. The Labute approximate surface area is 132 Å². The fourth-order valence-corrected chi connectivity index (χ4v) is 2.39. The van der Waals surface area contributed by atoms with Crippen molar-refractivity contribution in [2.75, 3.05) is 14.1 Å². The van der Waals surface area contributed by atoms with Gasteiger partial charge in [-0.15, -0.1) is 0 Å². The molecule has 0 saturated heterocycles. The summed E-state index contributed by atoms with van der Waals surface area (Å²) in [7, 11) is 3.39. The van der Waals surface area contributed by atoms with E-state index in [2.05, 4.69) is 9.97 Å². The lowest BCUT2D eigenvalue weighted by molar-refractivity contribution is 0.0822. The van der Waals surface area contributed by atoms with Gasteiger partial charge < -0.3 is 9.32 Å². The van der Waals surface area contributed by atoms with Gasteiger partial charge in [0.1, 0.15) is 17.0 Å². The van der Waals surface area contributed by atoms with Crippen molar-refractivity contribution in [2.24, 2.45) is 0 Å². The number of halogens is 1. The molecule has 0 aliphatic carbocycles. The van der Waals surface area contributed by atoms with Crippen LogP contribution < -0.4 is 0 Å². The Bertz CT molecular complexity index is 871. The highest BCUT2D eigenvalue weighted by Gasteiger charge is 2.15. The quantitative estimate of drug-likeness (QED) is 0.725. The van der Waals surface area contributed by atoms with Crippen LogP contribution in [0.5, 0.6) is 0 Å². The van der Waals surface area contributed by atoms with Crippen LogP contribution in [-0.4, -0.2) is 34.9 Å². The molecule has 0 aliphatic heterocycles. The number of carbonyl (C=O) groups is 1. The SMILES string of the molecule is Cc1cc(C(=O)N(C)C)ncc1-c1cc2nccc(Cl)c2o1. The van der Waals surface area contributed by atoms with E-state index in [0.717, 1.165) is 11.1 Å². The molecule has 0 spiro atoms. The molecule has 6 heteroatoms. The van der Waals surface area contributed by atoms with E-state index in [9.17, 15) is 4.79 Å². The van der Waals surface area contributed by atoms with Gasteiger partial charge in [0.25, 0.3) is 5.91 Å². The minimum absolute atomic E-state index is 0.135. The first-order valence-corrected chi connectivity index (χ1v) is 7.08. The fourth-order valence-electron chi connectivity index (χ4n) is 2.20. The molecule has 0 radical (unpaired) electrons. The Balaban J connectivity index is 2.07. The monoisotopic (exact) mass is 315 g/mol. The second-order valence-corrected chi connectivity index (χ2v) is 5.61. The van der Waals surface area contributed by atoms with Crippen molar-refractivity contribution >= 4 is 28.6 Å². The summed E-state index contributed by atoms with van der Waals surface area (Å²) in [6, 6.07) is 5.25. The Morgan fingerprint density at radius 1 is 1.27 bits per heavy atom. The zero-order valence-corrected chi connectivity index (χ0v) is 13.2. The van der Waals surface area contributed by atoms with E-state index < -0.39 is 0 Å². The summed E-state index contributed by atoms with van der Waals surface area (Å²) >= 11 is 6.10. The highest BCUT2D eigenvalue weighted by molar-refractivity contribution is 6.34. The Morgan fingerprint density at radius 3 is 2.68 bits per heavy atom. The smallest absolute Gasteiger partial charge is 0.271 e. The third-order valence-corrected chi connectivity index (χ3v) is 3.66. The first-order valence-electron chi connectivity index (χ1n) is 6.70. The van der Waals surface area contributed by atoms with Crippen molar-refractivity contribution < 1.29 is 9.21 Å². The number of hydrogen-bond acceptors (Lipinski definition) is 4. The summed E-state index contributed by atoms with van der Waals surface area (Å²) in [5.74, 6) is 0.494. The number of hydrogen-bond donors (Lipinski definition) is 0. The number of furan rings is 1. The standard InChI is InChI=1S/C16H14ClN3O2/c1-9-6-13(16(21)20(2)3)19-8-10(9)14-7-12-15(22-14)11(17)4-5-18-12/h4-8H,1-3H3. The lowest BCUT2D eigenvalue weighted by Gasteiger charge is -2.10. The average molecular weight is 316 g/mol. The Hall–Kier alpha value is -2.40. The molecule has 0 fully saturated rings. The number of rotatable bonds is 2. The Kier molecular flexibility index (Phi) is 3.58. The largest absolute Gasteiger partial charge is 0.453 e. The molecular weight excluding hydrogens is 302 g/mol. The maximum atomic E-state index is 11.9. The van der Waals surface area contributed by atoms with Crippen molar-refractivity contribution in [1.29, 1.82) is 0 Å². The van der Waals surface area contributed by atoms with Crippen LogP contribution in [0.4, 0.5) is 0 Å². The lowest BCUT2D eigenvalue weighted by Crippen LogP contribution is -2.22. The lowest BCUT2D eigenvalue weighted by atomic mass is 10.1. The first kappa shape index (κ1) is 14.5. The van der Waals surface area contributed by atoms with Crippen LogP contribution in [0, 0.1) is 6.92 Å². The molecule has 0 N–H and O–H groups in total. The Morgan fingerprint density at radius 2 is 2.05 bits per heavy atom. The summed E-state index contributed by atoms with van der Waals surface area (Å²) in [5.41, 5.74) is 3.35. The molecule has 5 nitrogen and oxygen atoms in total. The third kappa shape index (κ3) is 2.44. The summed E-state index contributed by atoms with van der Waals surface area (Å²) in [6.45, 7) is 1.91. The minimum atomic E-state index is -0.135. The summed E-state index contributed by atoms with van der Waals surface area (Å²) in [6.07, 6.45) is 3.27. The molecule has 3 rings (SSSR count). The minimum Gasteiger partial charge on any atom is -0.453 e. The van der Waals surface area contributed by atoms with Crippen molar-refractivity contribution in [3.63, 3.8) is 0 Å². The molecule has 0 atom stereocenters. The zero-order chi connectivity index (χ0) is 15.9. The molecule has 3 heterocycles. The van der Waals surface area contributed by atoms with Gasteiger partial charge in [0.15, 0.2) is 5.58 Å². The fraction of sp³-hybridized carbons (Fsp3) is 0.188. The topological polar surface area (TPSA) is 59.2 Å². The van der Waals surface area contributed by atoms with Crippen LogP contribution in [0.3, 0.4) is 0 Å². The van der Waals surface area contributed by atoms with E-state index in [1.165, 1.54) is 4.90 Å². The third-order valence-electron chi connectivity index (χ3n) is 3.37. The number of aromatic nitrogens is 2. The summed E-state index contributed by atoms with van der Waals surface area (Å²) in [4.78, 5) is 21.9. The maximum Gasteiger partial charge on any atom is 0.271 e. The molecule has 0 unspecified atom stereocenters. The van der Waals surface area contributed by atoms with E-state index >= 15 is 0 Å². The molecule has 0 aromatic carbocycles. The molecule has 112 valence electrons. The van der Waals surface area contributed by atoms with Crippen LogP contribution in [0.15, 0.2) is 35.0 Å². The van der Waals surface area contributed by atoms with Gasteiger partial charge in [-0.3, -0.25) is 14.8 Å². The molecule has 1 amide bonds. The highest BCUT2D eigenvalue weighted by atomic mass is 35.5. The van der Waals surface area contributed by atoms with Crippen molar-refractivity contribution in [1.82, 2.24) is 14.9 Å². The molecule has 0 bridgehead atoms. The van der Waals surface area contributed by atoms with Gasteiger partial charge in [0.05, 0.1) is 5.02 Å². The summed E-state index contributed by atoms with van der Waals surface area (Å²) in [5, 5.41) is 0.515. The van der Waals surface area contributed by atoms with Crippen molar-refractivity contribution in [2.45, 2.75) is 6.92 Å². The average Bonchev–Trinajstić information content (AvgIpc) is 2.91. The predicted octanol–water partition coefficient (Wildman–Crippen LogP) is 3.55. The van der Waals surface area contributed by atoms with Crippen LogP contribution in [0.2, 0.25) is 5.02 Å². The van der Waals surface area contributed by atoms with Gasteiger partial charge >= 0.3 is 0 Å². The number of aryl methyl sites for hydroxylation is 1. The zero-order valence-electron chi connectivity index (χ0n) is 12.4. The normalized spacial score (nSPS) is 10.9. The van der Waals surface area contributed by atoms with Crippen molar-refractivity contribution in [3.8, 4) is 11.3 Å². The molecule has 3 aromatic rings. The molecule has 0 aliphatic rings. The first-order chi connectivity index (χ1) is 10.5. The van der Waals surface area contributed by atoms with E-state index in [0.29, 0.717) is 27.6 Å². The van der Waals surface area contributed by atoms with Gasteiger partial charge in [0.2, 0.25) is 0 Å². The van der Waals surface area contributed by atoms with Gasteiger partial charge in [-0.05, 0) is 24.6 Å². The number of pyridine rings is 2. The highest BCUT2D eigenvalue weighted by Crippen LogP contribution is 2.32. The maximum absolute atomic E-state index is 11.9. The second-order valence-electron chi connectivity index (χ2n) is 5.20. The van der Waals surface area contributed by atoms with Gasteiger partial charge in [-0.25, -0.2) is 0 Å². The van der Waals surface area contributed by atoms with Gasteiger partial charge in [-0.1, -0.05) is 11.6 Å². The van der Waals surface area contributed by atoms with E-state index in [1.807, 2.05) is 13.0 Å². The number of fused-ring (bicyclic) bond motifs is 1. The molecule has 22 heavy (non-hydrogen) atoms. The van der Waals surface area contributed by atoms with Crippen LogP contribution in [0.1, 0.15) is 16.1 Å². The van der Waals surface area contributed by atoms with Crippen LogP contribution >= 0.6 is 11.6 Å². The van der Waals surface area contributed by atoms with Crippen LogP contribution in [0.25, 0.3) is 22.4 Å². The van der Waals surface area contributed by atoms with Crippen LogP contribution in [-0.2, 0) is 0 Å². The number of amides is 1. The second kappa shape index (κ2) is 5.42. The van der Waals surface area contributed by atoms with Crippen molar-refractivity contribution in [3.05, 3.63) is 46.9 Å². The van der Waals surface area contributed by atoms with E-state index in [-0.39, 0.29) is 5.91 Å². The summed E-state index contributed by atoms with van der Waals surface area (Å²) < 4.78 is 5.78. The number of carbonyl (C=O) groups excluding carboxylic acids is 1. The predicted molar refractivity (Wildman–Crippen MR) is 85.0 cm³/mol.